The van der Waals surface area contributed by atoms with Gasteiger partial charge in [0, 0.05) is 44.7 Å². The molecule has 0 spiro atoms. The maximum Gasteiger partial charge on any atom is 0.0431 e. The first-order valence-corrected chi connectivity index (χ1v) is 21.7. The zero-order valence-electron chi connectivity index (χ0n) is 27.7. The van der Waals surface area contributed by atoms with Gasteiger partial charge in [-0.15, -0.1) is 0 Å². The van der Waals surface area contributed by atoms with Gasteiger partial charge in [0.2, 0.25) is 0 Å². The van der Waals surface area contributed by atoms with Gasteiger partial charge in [0.1, 0.15) is 0 Å². The smallest absolute Gasteiger partial charge is 0.0431 e. The Morgan fingerprint density at radius 1 is 0.372 bits per heavy atom. The molecule has 4 N–H and O–H groups in total. The van der Waals surface area contributed by atoms with Gasteiger partial charge in [0.15, 0.2) is 0 Å². The van der Waals surface area contributed by atoms with Crippen LogP contribution in [-0.4, -0.2) is 84.1 Å². The summed E-state index contributed by atoms with van der Waals surface area (Å²) in [5.41, 5.74) is 1.40. The van der Waals surface area contributed by atoms with Crippen molar-refractivity contribution in [1.29, 1.82) is 0 Å². The number of benzene rings is 1. The monoisotopic (exact) mass is 641 g/mol. The third-order valence-electron chi connectivity index (χ3n) is 8.39. The van der Waals surface area contributed by atoms with E-state index in [1.807, 2.05) is 0 Å². The Labute approximate surface area is 268 Å². The topological polar surface area (TPSA) is 84.2 Å². The van der Waals surface area contributed by atoms with Crippen molar-refractivity contribution >= 4 is 21.5 Å². The van der Waals surface area contributed by atoms with E-state index < -0.39 is 0 Å². The first kappa shape index (κ1) is 40.7. The number of hydrogen-bond acceptors (Lipinski definition) is 5. The Hall–Kier alpha value is -0.280. The number of hydrogen-bond donors (Lipinski definition) is 4. The fourth-order valence-corrected chi connectivity index (χ4v) is 11.1. The fraction of sp³-hybridized carbons (Fsp3) is 0.833. The molecular weight excluding hydrogens is 572 g/mol. The summed E-state index contributed by atoms with van der Waals surface area (Å²) in [4.78, 5) is 2.78. The van der Waals surface area contributed by atoms with Gasteiger partial charge >= 0.3 is 0 Å². The molecule has 0 bridgehead atoms. The van der Waals surface area contributed by atoms with E-state index in [4.69, 9.17) is 20.4 Å². The van der Waals surface area contributed by atoms with E-state index in [0.717, 1.165) is 51.4 Å². The van der Waals surface area contributed by atoms with Crippen molar-refractivity contribution in [1.82, 2.24) is 0 Å². The Morgan fingerprint density at radius 3 is 0.953 bits per heavy atom. The van der Waals surface area contributed by atoms with Crippen molar-refractivity contribution in [2.45, 2.75) is 128 Å². The quantitative estimate of drug-likeness (QED) is 0.0455. The summed E-state index contributed by atoms with van der Waals surface area (Å²) in [7, 11) is -0.118. The molecule has 0 atom stereocenters. The molecule has 1 rings (SSSR count). The van der Waals surface area contributed by atoms with Gasteiger partial charge in [-0.1, -0.05) is 111 Å². The van der Waals surface area contributed by atoms with Crippen molar-refractivity contribution in [3.8, 4) is 0 Å². The van der Waals surface area contributed by atoms with Crippen LogP contribution in [0.4, 0.5) is 5.69 Å². The normalized spacial score (nSPS) is 11.7. The minimum absolute atomic E-state index is 0.0589. The molecular formula is C36H69NO4P2. The van der Waals surface area contributed by atoms with Crippen molar-refractivity contribution < 1.29 is 20.4 Å². The van der Waals surface area contributed by atoms with E-state index in [0.29, 0.717) is 26.4 Å². The van der Waals surface area contributed by atoms with E-state index in [-0.39, 0.29) is 15.8 Å². The molecule has 1 aromatic carbocycles. The molecule has 0 fully saturated rings. The zero-order chi connectivity index (χ0) is 31.1. The van der Waals surface area contributed by atoms with Crippen LogP contribution < -0.4 is 4.90 Å². The maximum atomic E-state index is 9.14. The van der Waals surface area contributed by atoms with Crippen molar-refractivity contribution in [2.24, 2.45) is 0 Å². The van der Waals surface area contributed by atoms with Crippen LogP contribution >= 0.6 is 15.8 Å². The van der Waals surface area contributed by atoms with Gasteiger partial charge in [-0.3, -0.25) is 0 Å². The average Bonchev–Trinajstić information content (AvgIpc) is 3.03. The minimum atomic E-state index is -0.0589. The van der Waals surface area contributed by atoms with E-state index in [1.54, 1.807) is 0 Å². The number of aliphatic hydroxyl groups is 4. The largest absolute Gasteiger partial charge is 0.396 e. The van der Waals surface area contributed by atoms with E-state index in [9.17, 15) is 0 Å². The Morgan fingerprint density at radius 2 is 0.651 bits per heavy atom. The molecule has 0 amide bonds. The van der Waals surface area contributed by atoms with Gasteiger partial charge in [-0.2, -0.15) is 0 Å². The molecule has 0 aromatic heterocycles. The van der Waals surface area contributed by atoms with Gasteiger partial charge in [0.05, 0.1) is 0 Å². The fourth-order valence-electron chi connectivity index (χ4n) is 5.75. The van der Waals surface area contributed by atoms with E-state index in [1.165, 1.54) is 120 Å². The number of para-hydroxylation sites is 1. The van der Waals surface area contributed by atoms with Crippen molar-refractivity contribution in [3.63, 3.8) is 0 Å². The summed E-state index contributed by atoms with van der Waals surface area (Å²) in [6, 6.07) is 11.2. The summed E-state index contributed by atoms with van der Waals surface area (Å²) >= 11 is 0. The standard InChI is InChI=1S/C36H69NO4P2/c38-26-16-5-1-9-20-30-42(31-21-10-2-6-17-27-39)34-37(36-24-14-13-15-25-36)35-43(32-22-11-3-7-18-28-40)33-23-12-4-8-19-29-41/h13-15,24-25,38-41H,1-12,16-23,26-35H2. The predicted octanol–water partition coefficient (Wildman–Crippen LogP) is 9.14. The lowest BCUT2D eigenvalue weighted by Gasteiger charge is -2.34. The number of rotatable bonds is 33. The highest BCUT2D eigenvalue weighted by molar-refractivity contribution is 7.58. The van der Waals surface area contributed by atoms with Crippen LogP contribution in [0.1, 0.15) is 128 Å². The van der Waals surface area contributed by atoms with Gasteiger partial charge in [-0.25, -0.2) is 0 Å². The SMILES string of the molecule is OCCCCCCCP(CCCCCCCO)CN(CP(CCCCCCCO)CCCCCCCO)c1ccccc1. The van der Waals surface area contributed by atoms with Crippen LogP contribution in [0.2, 0.25) is 0 Å². The molecule has 1 aromatic rings. The zero-order valence-corrected chi connectivity index (χ0v) is 29.5. The maximum absolute atomic E-state index is 9.14. The van der Waals surface area contributed by atoms with Crippen LogP contribution in [0.3, 0.4) is 0 Å². The second kappa shape index (κ2) is 31.7. The van der Waals surface area contributed by atoms with Crippen LogP contribution in [0.25, 0.3) is 0 Å². The summed E-state index contributed by atoms with van der Waals surface area (Å²) in [6.45, 7) is 1.29. The molecule has 43 heavy (non-hydrogen) atoms. The third kappa shape index (κ3) is 24.6. The third-order valence-corrected chi connectivity index (χ3v) is 13.7. The van der Waals surface area contributed by atoms with Crippen molar-refractivity contribution in [2.75, 3.05) is 68.5 Å². The highest BCUT2D eigenvalue weighted by atomic mass is 31.1. The van der Waals surface area contributed by atoms with E-state index >= 15 is 0 Å². The van der Waals surface area contributed by atoms with Crippen LogP contribution in [0.5, 0.6) is 0 Å². The summed E-state index contributed by atoms with van der Waals surface area (Å²) in [5, 5.41) is 36.5. The minimum Gasteiger partial charge on any atom is -0.396 e. The summed E-state index contributed by atoms with van der Waals surface area (Å²) in [6.07, 6.45) is 31.7. The van der Waals surface area contributed by atoms with Crippen molar-refractivity contribution in [3.05, 3.63) is 30.3 Å². The van der Waals surface area contributed by atoms with Crippen LogP contribution in [0.15, 0.2) is 30.3 Å². The predicted molar refractivity (Wildman–Crippen MR) is 193 cm³/mol. The average molecular weight is 642 g/mol. The molecule has 0 saturated heterocycles. The second-order valence-electron chi connectivity index (χ2n) is 12.4. The number of nitrogens with zero attached hydrogens (tertiary/aromatic N) is 1. The summed E-state index contributed by atoms with van der Waals surface area (Å²) in [5.74, 6) is 0. The van der Waals surface area contributed by atoms with E-state index in [2.05, 4.69) is 35.2 Å². The molecule has 0 radical (unpaired) electrons. The highest BCUT2D eigenvalue weighted by Crippen LogP contribution is 2.45. The Balaban J connectivity index is 2.86. The first-order chi connectivity index (χ1) is 21.2. The Bertz CT molecular complexity index is 614. The second-order valence-corrected chi connectivity index (χ2v) is 17.4. The number of unbranched alkanes of at least 4 members (excludes halogenated alkanes) is 16. The molecule has 0 aliphatic rings. The molecule has 0 saturated carbocycles. The number of anilines is 1. The molecule has 0 aliphatic carbocycles. The highest BCUT2D eigenvalue weighted by Gasteiger charge is 2.19. The lowest BCUT2D eigenvalue weighted by molar-refractivity contribution is 0.282. The first-order valence-electron chi connectivity index (χ1n) is 17.9. The van der Waals surface area contributed by atoms with Gasteiger partial charge < -0.3 is 25.3 Å². The molecule has 252 valence electrons. The van der Waals surface area contributed by atoms with Gasteiger partial charge in [-0.05, 0) is 88.1 Å². The van der Waals surface area contributed by atoms with Gasteiger partial charge in [0.25, 0.3) is 0 Å². The molecule has 0 unspecified atom stereocenters. The van der Waals surface area contributed by atoms with Crippen LogP contribution in [0, 0.1) is 0 Å². The molecule has 7 heteroatoms. The Kier molecular flexibility index (Phi) is 30.0. The molecule has 0 heterocycles. The molecule has 0 aliphatic heterocycles. The molecule has 5 nitrogen and oxygen atoms in total. The lowest BCUT2D eigenvalue weighted by Crippen LogP contribution is -2.26. The van der Waals surface area contributed by atoms with Crippen LogP contribution in [-0.2, 0) is 0 Å². The number of aliphatic hydroxyl groups excluding tert-OH is 4. The lowest BCUT2D eigenvalue weighted by atomic mass is 10.2. The summed E-state index contributed by atoms with van der Waals surface area (Å²) < 4.78 is 0.